The Morgan fingerprint density at radius 2 is 1.77 bits per heavy atom. The molecule has 0 heterocycles. The summed E-state index contributed by atoms with van der Waals surface area (Å²) >= 11 is 0. The van der Waals surface area contributed by atoms with Gasteiger partial charge in [0.15, 0.2) is 0 Å². The Kier molecular flexibility index (Phi) is 6.15. The van der Waals surface area contributed by atoms with E-state index in [1.54, 1.807) is 31.4 Å². The number of amides is 1. The van der Waals surface area contributed by atoms with E-state index in [0.29, 0.717) is 22.8 Å². The van der Waals surface area contributed by atoms with Gasteiger partial charge in [0.05, 0.1) is 31.9 Å². The topological polar surface area (TPSA) is 99.9 Å². The Morgan fingerprint density at radius 1 is 1.04 bits per heavy atom. The van der Waals surface area contributed by atoms with Crippen LogP contribution in [0.25, 0.3) is 6.08 Å². The van der Waals surface area contributed by atoms with E-state index in [2.05, 4.69) is 5.32 Å². The molecule has 0 saturated heterocycles. The predicted octanol–water partition coefficient (Wildman–Crippen LogP) is 3.27. The highest BCUT2D eigenvalue weighted by Gasteiger charge is 2.13. The van der Waals surface area contributed by atoms with Gasteiger partial charge in [-0.15, -0.1) is 0 Å². The third-order valence-corrected chi connectivity index (χ3v) is 3.51. The van der Waals surface area contributed by atoms with Crippen LogP contribution in [0.1, 0.15) is 5.56 Å². The highest BCUT2D eigenvalue weighted by molar-refractivity contribution is 6.03. The van der Waals surface area contributed by atoms with Crippen molar-refractivity contribution in [2.24, 2.45) is 0 Å². The lowest BCUT2D eigenvalue weighted by molar-refractivity contribution is -0.384. The van der Waals surface area contributed by atoms with Gasteiger partial charge in [-0.05, 0) is 24.3 Å². The van der Waals surface area contributed by atoms with Crippen LogP contribution in [0, 0.1) is 10.1 Å². The molecule has 0 aliphatic heterocycles. The van der Waals surface area contributed by atoms with Crippen molar-refractivity contribution < 1.29 is 23.9 Å². The number of hydrogen-bond donors (Lipinski definition) is 1. The van der Waals surface area contributed by atoms with Gasteiger partial charge in [-0.1, -0.05) is 0 Å². The monoisotopic (exact) mass is 358 g/mol. The van der Waals surface area contributed by atoms with E-state index in [1.807, 2.05) is 0 Å². The van der Waals surface area contributed by atoms with Crippen LogP contribution < -0.4 is 19.5 Å². The Bertz CT molecular complexity index is 848. The maximum absolute atomic E-state index is 12.2. The minimum absolute atomic E-state index is 0.151. The molecule has 0 unspecified atom stereocenters. The highest BCUT2D eigenvalue weighted by Crippen LogP contribution is 2.29. The second-order valence-corrected chi connectivity index (χ2v) is 5.07. The van der Waals surface area contributed by atoms with E-state index in [1.165, 1.54) is 38.5 Å². The number of nitrogens with one attached hydrogen (secondary N) is 1. The molecule has 8 nitrogen and oxygen atoms in total. The van der Waals surface area contributed by atoms with Crippen molar-refractivity contribution >= 4 is 23.4 Å². The molecule has 1 N–H and O–H groups in total. The van der Waals surface area contributed by atoms with Crippen LogP contribution in [0.3, 0.4) is 0 Å². The second kappa shape index (κ2) is 8.52. The van der Waals surface area contributed by atoms with Gasteiger partial charge in [-0.2, -0.15) is 0 Å². The Morgan fingerprint density at radius 3 is 2.38 bits per heavy atom. The number of non-ortho nitro benzene ring substituents is 1. The number of rotatable bonds is 7. The minimum Gasteiger partial charge on any atom is -0.497 e. The average Bonchev–Trinajstić information content (AvgIpc) is 2.65. The lowest BCUT2D eigenvalue weighted by atomic mass is 10.1. The first kappa shape index (κ1) is 18.8. The number of methoxy groups -OCH3 is 3. The maximum Gasteiger partial charge on any atom is 0.271 e. The molecule has 1 amide bonds. The molecule has 8 heteroatoms. The minimum atomic E-state index is -0.548. The number of anilines is 1. The van der Waals surface area contributed by atoms with Gasteiger partial charge in [-0.3, -0.25) is 14.9 Å². The van der Waals surface area contributed by atoms with E-state index in [4.69, 9.17) is 14.2 Å². The third-order valence-electron chi connectivity index (χ3n) is 3.51. The molecule has 0 spiro atoms. The van der Waals surface area contributed by atoms with Crippen LogP contribution in [0.4, 0.5) is 11.4 Å². The molecular weight excluding hydrogens is 340 g/mol. The summed E-state index contributed by atoms with van der Waals surface area (Å²) in [7, 11) is 4.47. The fourth-order valence-corrected chi connectivity index (χ4v) is 2.20. The van der Waals surface area contributed by atoms with Crippen LogP contribution in [0.15, 0.2) is 42.5 Å². The SMILES string of the molecule is COc1ccc(C=CC(=O)Nc2cc([N+](=O)[O-])ccc2OC)c(OC)c1. The van der Waals surface area contributed by atoms with E-state index in [0.717, 1.165) is 0 Å². The van der Waals surface area contributed by atoms with Gasteiger partial charge in [0, 0.05) is 29.8 Å². The summed E-state index contributed by atoms with van der Waals surface area (Å²) in [6.07, 6.45) is 2.86. The second-order valence-electron chi connectivity index (χ2n) is 5.07. The first-order valence-corrected chi connectivity index (χ1v) is 7.52. The van der Waals surface area contributed by atoms with Crippen LogP contribution in [-0.2, 0) is 4.79 Å². The molecular formula is C18H18N2O6. The first-order chi connectivity index (χ1) is 12.5. The van der Waals surface area contributed by atoms with Crippen LogP contribution in [-0.4, -0.2) is 32.2 Å². The number of nitrogens with zero attached hydrogens (tertiary/aromatic N) is 1. The van der Waals surface area contributed by atoms with Crippen LogP contribution in [0.2, 0.25) is 0 Å². The number of carbonyl (C=O) groups is 1. The zero-order valence-electron chi connectivity index (χ0n) is 14.5. The van der Waals surface area contributed by atoms with Crippen molar-refractivity contribution in [3.63, 3.8) is 0 Å². The number of nitro benzene ring substituents is 1. The summed E-state index contributed by atoms with van der Waals surface area (Å²) < 4.78 is 15.5. The lowest BCUT2D eigenvalue weighted by Crippen LogP contribution is -2.09. The largest absolute Gasteiger partial charge is 0.497 e. The fraction of sp³-hybridized carbons (Fsp3) is 0.167. The van der Waals surface area contributed by atoms with Gasteiger partial charge in [0.2, 0.25) is 5.91 Å². The zero-order chi connectivity index (χ0) is 19.1. The highest BCUT2D eigenvalue weighted by atomic mass is 16.6. The predicted molar refractivity (Wildman–Crippen MR) is 96.9 cm³/mol. The molecule has 2 aromatic carbocycles. The molecule has 0 bridgehead atoms. The van der Waals surface area contributed by atoms with E-state index < -0.39 is 10.8 Å². The van der Waals surface area contributed by atoms with Crippen LogP contribution >= 0.6 is 0 Å². The molecule has 0 aromatic heterocycles. The maximum atomic E-state index is 12.2. The van der Waals surface area contributed by atoms with Gasteiger partial charge >= 0.3 is 0 Å². The van der Waals surface area contributed by atoms with Gasteiger partial charge in [-0.25, -0.2) is 0 Å². The van der Waals surface area contributed by atoms with E-state index in [-0.39, 0.29) is 11.4 Å². The number of hydrogen-bond acceptors (Lipinski definition) is 6. The first-order valence-electron chi connectivity index (χ1n) is 7.52. The molecule has 26 heavy (non-hydrogen) atoms. The molecule has 2 aromatic rings. The zero-order valence-corrected chi connectivity index (χ0v) is 14.5. The number of carbonyl (C=O) groups excluding carboxylic acids is 1. The molecule has 0 fully saturated rings. The van der Waals surface area contributed by atoms with Crippen molar-refractivity contribution in [2.45, 2.75) is 0 Å². The smallest absolute Gasteiger partial charge is 0.271 e. The number of nitro groups is 1. The van der Waals surface area contributed by atoms with Crippen molar-refractivity contribution in [3.8, 4) is 17.2 Å². The molecule has 136 valence electrons. The molecule has 0 radical (unpaired) electrons. The molecule has 2 rings (SSSR count). The molecule has 0 atom stereocenters. The summed E-state index contributed by atoms with van der Waals surface area (Å²) in [4.78, 5) is 22.5. The Hall–Kier alpha value is -3.55. The summed E-state index contributed by atoms with van der Waals surface area (Å²) in [6.45, 7) is 0. The lowest BCUT2D eigenvalue weighted by Gasteiger charge is -2.09. The summed E-state index contributed by atoms with van der Waals surface area (Å²) in [5, 5.41) is 13.5. The summed E-state index contributed by atoms with van der Waals surface area (Å²) in [5.41, 5.74) is 0.731. The summed E-state index contributed by atoms with van der Waals surface area (Å²) in [5.74, 6) is 1.02. The Labute approximate surface area is 150 Å². The van der Waals surface area contributed by atoms with Crippen molar-refractivity contribution in [3.05, 3.63) is 58.2 Å². The normalized spacial score (nSPS) is 10.4. The summed E-state index contributed by atoms with van der Waals surface area (Å²) in [6, 6.07) is 9.13. The fourth-order valence-electron chi connectivity index (χ4n) is 2.20. The quantitative estimate of drug-likeness (QED) is 0.463. The third kappa shape index (κ3) is 4.50. The average molecular weight is 358 g/mol. The van der Waals surface area contributed by atoms with Crippen molar-refractivity contribution in [1.29, 1.82) is 0 Å². The Balaban J connectivity index is 2.20. The van der Waals surface area contributed by atoms with Gasteiger partial charge < -0.3 is 19.5 Å². The van der Waals surface area contributed by atoms with Gasteiger partial charge in [0.25, 0.3) is 5.69 Å². The number of ether oxygens (including phenoxy) is 3. The van der Waals surface area contributed by atoms with Crippen molar-refractivity contribution in [2.75, 3.05) is 26.6 Å². The number of benzene rings is 2. The van der Waals surface area contributed by atoms with Crippen LogP contribution in [0.5, 0.6) is 17.2 Å². The molecule has 0 aliphatic carbocycles. The van der Waals surface area contributed by atoms with Gasteiger partial charge in [0.1, 0.15) is 17.2 Å². The molecule has 0 aliphatic rings. The molecule has 0 saturated carbocycles. The van der Waals surface area contributed by atoms with Crippen molar-refractivity contribution in [1.82, 2.24) is 0 Å². The van der Waals surface area contributed by atoms with E-state index in [9.17, 15) is 14.9 Å². The standard InChI is InChI=1S/C18H18N2O6/c1-24-14-7-4-12(17(11-14)26-3)5-9-18(21)19-15-10-13(20(22)23)6-8-16(15)25-2/h4-11H,1-3H3,(H,19,21). The van der Waals surface area contributed by atoms with E-state index >= 15 is 0 Å².